The fourth-order valence-electron chi connectivity index (χ4n) is 5.89. The van der Waals surface area contributed by atoms with Crippen LogP contribution in [-0.2, 0) is 11.3 Å². The van der Waals surface area contributed by atoms with Crippen LogP contribution in [0, 0.1) is 13.8 Å². The van der Waals surface area contributed by atoms with Gasteiger partial charge in [0, 0.05) is 23.2 Å². The highest BCUT2D eigenvalue weighted by molar-refractivity contribution is 6.14. The van der Waals surface area contributed by atoms with E-state index in [4.69, 9.17) is 4.74 Å². The minimum Gasteiger partial charge on any atom is -0.497 e. The summed E-state index contributed by atoms with van der Waals surface area (Å²) in [7, 11) is 1.64. The van der Waals surface area contributed by atoms with E-state index >= 15 is 0 Å². The molecule has 0 saturated heterocycles. The lowest BCUT2D eigenvalue weighted by atomic mass is 9.90. The van der Waals surface area contributed by atoms with Gasteiger partial charge in [-0.05, 0) is 69.0 Å². The van der Waals surface area contributed by atoms with Crippen LogP contribution in [0.15, 0.2) is 42.5 Å². The molecule has 1 aromatic heterocycles. The molecule has 0 spiro atoms. The maximum atomic E-state index is 14.2. The molecule has 1 saturated carbocycles. The standard InChI is InChI=1S/C30H37N3O3/c1-20-11-10-14-25(21(20)2)33-28(34)27-17-22-15-16-24(36-4)18-26(22)32(27)19-30(33,3)29(35)31-23-12-8-6-5-7-9-13-23/h10-11,14-18,23H,5-9,12-13,19H2,1-4H3,(H,31,35)/t30-/m0/s1. The number of amides is 2. The summed E-state index contributed by atoms with van der Waals surface area (Å²) in [6, 6.07) is 13.9. The molecule has 5 rings (SSSR count). The van der Waals surface area contributed by atoms with Crippen molar-refractivity contribution in [3.05, 3.63) is 59.3 Å². The number of fused-ring (bicyclic) bond motifs is 3. The zero-order valence-electron chi connectivity index (χ0n) is 21.9. The molecule has 0 bridgehead atoms. The number of hydrogen-bond donors (Lipinski definition) is 1. The van der Waals surface area contributed by atoms with E-state index in [9.17, 15) is 9.59 Å². The van der Waals surface area contributed by atoms with Crippen molar-refractivity contribution in [2.24, 2.45) is 0 Å². The van der Waals surface area contributed by atoms with Crippen molar-refractivity contribution >= 4 is 28.4 Å². The van der Waals surface area contributed by atoms with Gasteiger partial charge in [-0.15, -0.1) is 0 Å². The smallest absolute Gasteiger partial charge is 0.275 e. The number of anilines is 1. The predicted octanol–water partition coefficient (Wildman–Crippen LogP) is 5.91. The number of carbonyl (C=O) groups is 2. The highest BCUT2D eigenvalue weighted by atomic mass is 16.5. The van der Waals surface area contributed by atoms with Gasteiger partial charge in [-0.25, -0.2) is 0 Å². The number of rotatable bonds is 4. The fourth-order valence-corrected chi connectivity index (χ4v) is 5.89. The van der Waals surface area contributed by atoms with Crippen molar-refractivity contribution < 1.29 is 14.3 Å². The van der Waals surface area contributed by atoms with Crippen LogP contribution >= 0.6 is 0 Å². The molecule has 2 amide bonds. The lowest BCUT2D eigenvalue weighted by molar-refractivity contribution is -0.127. The van der Waals surface area contributed by atoms with Gasteiger partial charge < -0.3 is 14.6 Å². The number of nitrogens with one attached hydrogen (secondary N) is 1. The molecule has 2 aliphatic rings. The summed E-state index contributed by atoms with van der Waals surface area (Å²) < 4.78 is 7.46. The lowest BCUT2D eigenvalue weighted by Gasteiger charge is -2.45. The Labute approximate surface area is 213 Å². The van der Waals surface area contributed by atoms with Crippen LogP contribution < -0.4 is 15.0 Å². The number of carbonyl (C=O) groups excluding carboxylic acids is 2. The second kappa shape index (κ2) is 9.64. The number of aromatic nitrogens is 1. The van der Waals surface area contributed by atoms with E-state index in [1.54, 1.807) is 12.0 Å². The van der Waals surface area contributed by atoms with E-state index in [-0.39, 0.29) is 17.9 Å². The second-order valence-corrected chi connectivity index (χ2v) is 10.7. The first-order valence-corrected chi connectivity index (χ1v) is 13.2. The van der Waals surface area contributed by atoms with E-state index in [2.05, 4.69) is 5.32 Å². The maximum Gasteiger partial charge on any atom is 0.275 e. The van der Waals surface area contributed by atoms with Crippen molar-refractivity contribution in [2.45, 2.75) is 83.8 Å². The average molecular weight is 488 g/mol. The Kier molecular flexibility index (Phi) is 6.54. The summed E-state index contributed by atoms with van der Waals surface area (Å²) in [6.07, 6.45) is 7.97. The Morgan fingerprint density at radius 1 is 1.03 bits per heavy atom. The molecule has 1 fully saturated rings. The molecule has 1 aliphatic heterocycles. The summed E-state index contributed by atoms with van der Waals surface area (Å²) in [5, 5.41) is 4.34. The molecule has 3 aromatic rings. The molecular formula is C30H37N3O3. The van der Waals surface area contributed by atoms with Crippen molar-refractivity contribution in [1.82, 2.24) is 9.88 Å². The van der Waals surface area contributed by atoms with Crippen LogP contribution in [0.5, 0.6) is 5.75 Å². The first-order chi connectivity index (χ1) is 17.3. The zero-order chi connectivity index (χ0) is 25.4. The van der Waals surface area contributed by atoms with Crippen LogP contribution in [-0.4, -0.2) is 35.1 Å². The minimum atomic E-state index is -1.08. The minimum absolute atomic E-state index is 0.0854. The molecular weight excluding hydrogens is 450 g/mol. The molecule has 1 N–H and O–H groups in total. The topological polar surface area (TPSA) is 63.6 Å². The van der Waals surface area contributed by atoms with Crippen molar-refractivity contribution in [1.29, 1.82) is 0 Å². The molecule has 2 aromatic carbocycles. The van der Waals surface area contributed by atoms with E-state index in [0.717, 1.165) is 59.2 Å². The van der Waals surface area contributed by atoms with Crippen molar-refractivity contribution in [3.63, 3.8) is 0 Å². The van der Waals surface area contributed by atoms with Crippen LogP contribution in [0.2, 0.25) is 0 Å². The Morgan fingerprint density at radius 3 is 2.47 bits per heavy atom. The van der Waals surface area contributed by atoms with Gasteiger partial charge >= 0.3 is 0 Å². The second-order valence-electron chi connectivity index (χ2n) is 10.7. The molecule has 6 heteroatoms. The normalized spacial score (nSPS) is 21.1. The summed E-state index contributed by atoms with van der Waals surface area (Å²) in [5.41, 5.74) is 3.32. The fraction of sp³-hybridized carbons (Fsp3) is 0.467. The van der Waals surface area contributed by atoms with Gasteiger partial charge in [0.15, 0.2) is 0 Å². The molecule has 36 heavy (non-hydrogen) atoms. The van der Waals surface area contributed by atoms with E-state index in [1.807, 2.05) is 67.8 Å². The zero-order valence-corrected chi connectivity index (χ0v) is 21.9. The van der Waals surface area contributed by atoms with Crippen LogP contribution in [0.3, 0.4) is 0 Å². The summed E-state index contributed by atoms with van der Waals surface area (Å²) in [5.74, 6) is 0.492. The number of aryl methyl sites for hydroxylation is 1. The summed E-state index contributed by atoms with van der Waals surface area (Å²) >= 11 is 0. The van der Waals surface area contributed by atoms with Gasteiger partial charge in [-0.2, -0.15) is 0 Å². The van der Waals surface area contributed by atoms with Gasteiger partial charge in [0.1, 0.15) is 17.0 Å². The quantitative estimate of drug-likeness (QED) is 0.497. The Balaban J connectivity index is 1.61. The largest absolute Gasteiger partial charge is 0.497 e. The Hall–Kier alpha value is -3.28. The van der Waals surface area contributed by atoms with Gasteiger partial charge in [0.25, 0.3) is 5.91 Å². The number of hydrogen-bond acceptors (Lipinski definition) is 3. The molecule has 0 radical (unpaired) electrons. The number of methoxy groups -OCH3 is 1. The third-order valence-corrected chi connectivity index (χ3v) is 8.24. The van der Waals surface area contributed by atoms with Crippen LogP contribution in [0.25, 0.3) is 10.9 Å². The number of benzene rings is 2. The van der Waals surface area contributed by atoms with Crippen LogP contribution in [0.4, 0.5) is 5.69 Å². The first-order valence-electron chi connectivity index (χ1n) is 13.2. The molecule has 190 valence electrons. The molecule has 0 unspecified atom stereocenters. The van der Waals surface area contributed by atoms with Crippen molar-refractivity contribution in [3.8, 4) is 5.75 Å². The lowest BCUT2D eigenvalue weighted by Crippen LogP contribution is -2.65. The summed E-state index contributed by atoms with van der Waals surface area (Å²) in [4.78, 5) is 30.1. The van der Waals surface area contributed by atoms with Crippen molar-refractivity contribution in [2.75, 3.05) is 12.0 Å². The number of nitrogens with zero attached hydrogens (tertiary/aromatic N) is 2. The Bertz CT molecular complexity index is 1300. The number of ether oxygens (including phenoxy) is 1. The van der Waals surface area contributed by atoms with Gasteiger partial charge in [0.2, 0.25) is 5.91 Å². The summed E-state index contributed by atoms with van der Waals surface area (Å²) in [6.45, 7) is 6.36. The van der Waals surface area contributed by atoms with Gasteiger partial charge in [0.05, 0.1) is 19.2 Å². The predicted molar refractivity (Wildman–Crippen MR) is 144 cm³/mol. The van der Waals surface area contributed by atoms with E-state index in [1.165, 1.54) is 19.3 Å². The van der Waals surface area contributed by atoms with Gasteiger partial charge in [-0.1, -0.05) is 44.2 Å². The third kappa shape index (κ3) is 4.16. The highest BCUT2D eigenvalue weighted by Gasteiger charge is 2.49. The SMILES string of the molecule is COc1ccc2cc3n(c2c1)C[C@@](C)(C(=O)NC1CCCCCCC1)N(c1cccc(C)c1C)C3=O. The molecule has 1 atom stereocenters. The van der Waals surface area contributed by atoms with Gasteiger partial charge in [-0.3, -0.25) is 14.5 Å². The average Bonchev–Trinajstić information content (AvgIpc) is 3.21. The molecule has 6 nitrogen and oxygen atoms in total. The monoisotopic (exact) mass is 487 g/mol. The van der Waals surface area contributed by atoms with E-state index < -0.39 is 5.54 Å². The molecule has 2 heterocycles. The Morgan fingerprint density at radius 2 is 1.75 bits per heavy atom. The highest BCUT2D eigenvalue weighted by Crippen LogP contribution is 2.38. The maximum absolute atomic E-state index is 14.2. The third-order valence-electron chi connectivity index (χ3n) is 8.24. The van der Waals surface area contributed by atoms with E-state index in [0.29, 0.717) is 12.2 Å². The van der Waals surface area contributed by atoms with Crippen LogP contribution in [0.1, 0.15) is 73.5 Å². The first kappa shape index (κ1) is 24.4. The molecule has 1 aliphatic carbocycles.